The van der Waals surface area contributed by atoms with Crippen molar-refractivity contribution in [3.8, 4) is 0 Å². The van der Waals surface area contributed by atoms with Gasteiger partial charge in [-0.3, -0.25) is 14.7 Å². The zero-order valence-corrected chi connectivity index (χ0v) is 14.3. The number of amides is 1. The van der Waals surface area contributed by atoms with Crippen LogP contribution in [0.25, 0.3) is 0 Å². The molecule has 3 heterocycles. The van der Waals surface area contributed by atoms with Crippen LogP contribution in [0, 0.1) is 6.92 Å². The van der Waals surface area contributed by atoms with Gasteiger partial charge in [0.25, 0.3) is 0 Å². The highest BCUT2D eigenvalue weighted by Gasteiger charge is 2.34. The molecule has 0 N–H and O–H groups in total. The fraction of sp³-hybridized carbons (Fsp3) is 0.625. The average Bonchev–Trinajstić information content (AvgIpc) is 2.90. The Morgan fingerprint density at radius 3 is 2.57 bits per heavy atom. The second-order valence-corrected chi connectivity index (χ2v) is 8.69. The van der Waals surface area contributed by atoms with Gasteiger partial charge in [0, 0.05) is 44.1 Å². The Labute approximate surface area is 137 Å². The van der Waals surface area contributed by atoms with Crippen molar-refractivity contribution in [3.63, 3.8) is 0 Å². The zero-order valence-electron chi connectivity index (χ0n) is 13.4. The molecule has 0 aliphatic carbocycles. The Kier molecular flexibility index (Phi) is 4.68. The molecule has 2 aliphatic rings. The standard InChI is InChI=1S/C16H23N3O3S/c1-13-2-3-14(11-17-13)10-16(20)19-7-5-18(6-8-19)15-4-9-23(21,22)12-15/h2-3,11,15H,4-10,12H2,1H3. The molecule has 7 heteroatoms. The van der Waals surface area contributed by atoms with Gasteiger partial charge in [-0.2, -0.15) is 0 Å². The molecular formula is C16H23N3O3S. The van der Waals surface area contributed by atoms with E-state index in [1.54, 1.807) is 6.20 Å². The third kappa shape index (κ3) is 4.09. The number of hydrogen-bond acceptors (Lipinski definition) is 5. The molecule has 1 aromatic heterocycles. The lowest BCUT2D eigenvalue weighted by Crippen LogP contribution is -2.52. The van der Waals surface area contributed by atoms with Gasteiger partial charge in [-0.15, -0.1) is 0 Å². The minimum atomic E-state index is -2.85. The van der Waals surface area contributed by atoms with Crippen molar-refractivity contribution < 1.29 is 13.2 Å². The Balaban J connectivity index is 1.50. The van der Waals surface area contributed by atoms with Crippen molar-refractivity contribution in [2.75, 3.05) is 37.7 Å². The first-order valence-electron chi connectivity index (χ1n) is 8.07. The number of sulfone groups is 1. The molecule has 1 amide bonds. The van der Waals surface area contributed by atoms with E-state index in [1.807, 2.05) is 24.0 Å². The summed E-state index contributed by atoms with van der Waals surface area (Å²) in [6.45, 7) is 4.80. The van der Waals surface area contributed by atoms with Gasteiger partial charge >= 0.3 is 0 Å². The van der Waals surface area contributed by atoms with E-state index >= 15 is 0 Å². The van der Waals surface area contributed by atoms with Crippen LogP contribution in [-0.2, 0) is 21.1 Å². The Morgan fingerprint density at radius 1 is 1.26 bits per heavy atom. The molecule has 0 aromatic carbocycles. The summed E-state index contributed by atoms with van der Waals surface area (Å²) in [6, 6.07) is 4.00. The van der Waals surface area contributed by atoms with Crippen LogP contribution in [0.5, 0.6) is 0 Å². The number of carbonyl (C=O) groups excluding carboxylic acids is 1. The summed E-state index contributed by atoms with van der Waals surface area (Å²) >= 11 is 0. The fourth-order valence-electron chi connectivity index (χ4n) is 3.29. The third-order valence-corrected chi connectivity index (χ3v) is 6.47. The van der Waals surface area contributed by atoms with Crippen LogP contribution < -0.4 is 0 Å². The first-order valence-corrected chi connectivity index (χ1v) is 9.89. The predicted octanol–water partition coefficient (Wildman–Crippen LogP) is 0.264. The molecule has 126 valence electrons. The monoisotopic (exact) mass is 337 g/mol. The Bertz CT molecular complexity index is 664. The minimum absolute atomic E-state index is 0.120. The Morgan fingerprint density at radius 2 is 2.00 bits per heavy atom. The molecule has 0 spiro atoms. The lowest BCUT2D eigenvalue weighted by atomic mass is 10.1. The van der Waals surface area contributed by atoms with E-state index in [0.29, 0.717) is 25.3 Å². The number of piperazine rings is 1. The number of carbonyl (C=O) groups is 1. The Hall–Kier alpha value is -1.47. The van der Waals surface area contributed by atoms with Gasteiger partial charge in [0.15, 0.2) is 9.84 Å². The van der Waals surface area contributed by atoms with Gasteiger partial charge in [0.05, 0.1) is 17.9 Å². The number of nitrogens with zero attached hydrogens (tertiary/aromatic N) is 3. The fourth-order valence-corrected chi connectivity index (χ4v) is 5.05. The number of aryl methyl sites for hydroxylation is 1. The van der Waals surface area contributed by atoms with E-state index < -0.39 is 9.84 Å². The maximum atomic E-state index is 12.4. The number of pyridine rings is 1. The van der Waals surface area contributed by atoms with Crippen LogP contribution in [0.4, 0.5) is 0 Å². The van der Waals surface area contributed by atoms with Gasteiger partial charge in [0.2, 0.25) is 5.91 Å². The topological polar surface area (TPSA) is 70.6 Å². The van der Waals surface area contributed by atoms with Crippen molar-refractivity contribution >= 4 is 15.7 Å². The van der Waals surface area contributed by atoms with Gasteiger partial charge in [0.1, 0.15) is 0 Å². The molecule has 0 bridgehead atoms. The highest BCUT2D eigenvalue weighted by molar-refractivity contribution is 7.91. The molecular weight excluding hydrogens is 314 g/mol. The van der Waals surface area contributed by atoms with Crippen LogP contribution in [0.2, 0.25) is 0 Å². The molecule has 1 unspecified atom stereocenters. The summed E-state index contributed by atoms with van der Waals surface area (Å²) in [5.41, 5.74) is 1.88. The maximum absolute atomic E-state index is 12.4. The summed E-state index contributed by atoms with van der Waals surface area (Å²) in [6.07, 6.45) is 2.86. The number of rotatable bonds is 3. The van der Waals surface area contributed by atoms with E-state index in [9.17, 15) is 13.2 Å². The summed E-state index contributed by atoms with van der Waals surface area (Å²) in [7, 11) is -2.85. The van der Waals surface area contributed by atoms with Crippen LogP contribution in [0.3, 0.4) is 0 Å². The van der Waals surface area contributed by atoms with Crippen molar-refractivity contribution in [1.82, 2.24) is 14.8 Å². The average molecular weight is 337 g/mol. The first-order chi connectivity index (χ1) is 10.9. The second kappa shape index (κ2) is 6.57. The molecule has 6 nitrogen and oxygen atoms in total. The number of aromatic nitrogens is 1. The van der Waals surface area contributed by atoms with Crippen LogP contribution in [0.1, 0.15) is 17.7 Å². The molecule has 3 rings (SSSR count). The molecule has 0 saturated carbocycles. The van der Waals surface area contributed by atoms with Gasteiger partial charge < -0.3 is 4.90 Å². The lowest BCUT2D eigenvalue weighted by Gasteiger charge is -2.37. The predicted molar refractivity (Wildman–Crippen MR) is 87.9 cm³/mol. The normalized spacial score (nSPS) is 24.7. The largest absolute Gasteiger partial charge is 0.340 e. The lowest BCUT2D eigenvalue weighted by molar-refractivity contribution is -0.132. The van der Waals surface area contributed by atoms with E-state index in [0.717, 1.165) is 30.8 Å². The van der Waals surface area contributed by atoms with Gasteiger partial charge in [-0.05, 0) is 25.0 Å². The molecule has 1 atom stereocenters. The van der Waals surface area contributed by atoms with Gasteiger partial charge in [-0.25, -0.2) is 8.42 Å². The maximum Gasteiger partial charge on any atom is 0.227 e. The molecule has 1 aromatic rings. The molecule has 2 aliphatic heterocycles. The first kappa shape index (κ1) is 16.4. The highest BCUT2D eigenvalue weighted by Crippen LogP contribution is 2.19. The van der Waals surface area contributed by atoms with Crippen molar-refractivity contribution in [1.29, 1.82) is 0 Å². The zero-order chi connectivity index (χ0) is 16.4. The van der Waals surface area contributed by atoms with Crippen LogP contribution in [0.15, 0.2) is 18.3 Å². The smallest absolute Gasteiger partial charge is 0.227 e. The quantitative estimate of drug-likeness (QED) is 0.791. The van der Waals surface area contributed by atoms with Gasteiger partial charge in [-0.1, -0.05) is 6.07 Å². The van der Waals surface area contributed by atoms with E-state index in [4.69, 9.17) is 0 Å². The summed E-state index contributed by atoms with van der Waals surface area (Å²) in [4.78, 5) is 20.7. The van der Waals surface area contributed by atoms with E-state index in [-0.39, 0.29) is 17.7 Å². The molecule has 2 saturated heterocycles. The second-order valence-electron chi connectivity index (χ2n) is 6.46. The SMILES string of the molecule is Cc1ccc(CC(=O)N2CCN(C3CCS(=O)(=O)C3)CC2)cn1. The van der Waals surface area contributed by atoms with E-state index in [2.05, 4.69) is 9.88 Å². The van der Waals surface area contributed by atoms with Crippen molar-refractivity contribution in [2.45, 2.75) is 25.8 Å². The highest BCUT2D eigenvalue weighted by atomic mass is 32.2. The molecule has 2 fully saturated rings. The molecule has 23 heavy (non-hydrogen) atoms. The van der Waals surface area contributed by atoms with Crippen molar-refractivity contribution in [3.05, 3.63) is 29.6 Å². The van der Waals surface area contributed by atoms with Crippen molar-refractivity contribution in [2.24, 2.45) is 0 Å². The third-order valence-electron chi connectivity index (χ3n) is 4.72. The van der Waals surface area contributed by atoms with Crippen LogP contribution in [-0.4, -0.2) is 72.8 Å². The minimum Gasteiger partial charge on any atom is -0.340 e. The van der Waals surface area contributed by atoms with E-state index in [1.165, 1.54) is 0 Å². The molecule has 0 radical (unpaired) electrons. The summed E-state index contributed by atoms with van der Waals surface area (Å²) < 4.78 is 23.2. The summed E-state index contributed by atoms with van der Waals surface area (Å²) in [5, 5.41) is 0. The summed E-state index contributed by atoms with van der Waals surface area (Å²) in [5.74, 6) is 0.696. The van der Waals surface area contributed by atoms with Crippen LogP contribution >= 0.6 is 0 Å². The number of hydrogen-bond donors (Lipinski definition) is 0.